The molecule has 3 aromatic carbocycles. The molecule has 1 unspecified atom stereocenters. The number of para-hydroxylation sites is 1. The van der Waals surface area contributed by atoms with Crippen LogP contribution in [0.15, 0.2) is 72.9 Å². The molecule has 0 aliphatic carbocycles. The molecule has 0 radical (unpaired) electrons. The number of alkyl halides is 3. The van der Waals surface area contributed by atoms with Crippen molar-refractivity contribution in [3.8, 4) is 11.4 Å². The first-order valence-corrected chi connectivity index (χ1v) is 9.72. The molecule has 4 rings (SSSR count). The summed E-state index contributed by atoms with van der Waals surface area (Å²) in [5.41, 5.74) is -0.386. The fraction of sp³-hybridized carbons (Fsp3) is 0.208. The predicted octanol–water partition coefficient (Wildman–Crippen LogP) is 5.47. The highest BCUT2D eigenvalue weighted by Gasteiger charge is 2.56. The number of benzene rings is 3. The van der Waals surface area contributed by atoms with E-state index in [4.69, 9.17) is 4.74 Å². The van der Waals surface area contributed by atoms with Gasteiger partial charge in [-0.3, -0.25) is 0 Å². The molecule has 7 heteroatoms. The maximum Gasteiger partial charge on any atom is 0.424 e. The maximum atomic E-state index is 14.0. The number of aromatic nitrogens is 2. The zero-order valence-electron chi connectivity index (χ0n) is 17.0. The molecule has 0 saturated heterocycles. The summed E-state index contributed by atoms with van der Waals surface area (Å²) in [6.07, 6.45) is -3.46. The summed E-state index contributed by atoms with van der Waals surface area (Å²) in [6, 6.07) is 18.5. The molecule has 0 amide bonds. The van der Waals surface area contributed by atoms with Crippen molar-refractivity contribution in [3.05, 3.63) is 89.6 Å². The van der Waals surface area contributed by atoms with Crippen molar-refractivity contribution in [2.45, 2.75) is 25.6 Å². The summed E-state index contributed by atoms with van der Waals surface area (Å²) in [5.74, 6) is 0.297. The number of aryl methyl sites for hydroxylation is 2. The molecule has 1 aromatic heterocycles. The monoisotopic (exact) mass is 426 g/mol. The lowest BCUT2D eigenvalue weighted by Crippen LogP contribution is -2.47. The summed E-state index contributed by atoms with van der Waals surface area (Å²) in [7, 11) is 0. The fourth-order valence-electron chi connectivity index (χ4n) is 3.54. The lowest BCUT2D eigenvalue weighted by molar-refractivity contribution is -0.275. The van der Waals surface area contributed by atoms with E-state index in [0.717, 1.165) is 11.3 Å². The minimum Gasteiger partial charge on any atom is -0.490 e. The summed E-state index contributed by atoms with van der Waals surface area (Å²) in [5, 5.41) is 15.5. The SMILES string of the molecule is Cc1ccc(OCC(O)(c2ccc3c(cnn3-c3ccccc3)c2)C(F)(F)F)c(C)c1. The van der Waals surface area contributed by atoms with Gasteiger partial charge in [0.2, 0.25) is 5.60 Å². The average molecular weight is 426 g/mol. The third-order valence-corrected chi connectivity index (χ3v) is 5.28. The maximum absolute atomic E-state index is 14.0. The van der Waals surface area contributed by atoms with Gasteiger partial charge in [0.25, 0.3) is 0 Å². The van der Waals surface area contributed by atoms with Crippen LogP contribution in [0, 0.1) is 13.8 Å². The van der Waals surface area contributed by atoms with E-state index in [-0.39, 0.29) is 5.56 Å². The third-order valence-electron chi connectivity index (χ3n) is 5.28. The molecule has 0 bridgehead atoms. The van der Waals surface area contributed by atoms with Gasteiger partial charge in [0.15, 0.2) is 0 Å². The third kappa shape index (κ3) is 3.88. The molecule has 31 heavy (non-hydrogen) atoms. The molecule has 4 aromatic rings. The molecule has 0 aliphatic heterocycles. The zero-order valence-corrected chi connectivity index (χ0v) is 17.0. The van der Waals surface area contributed by atoms with Crippen LogP contribution >= 0.6 is 0 Å². The summed E-state index contributed by atoms with van der Waals surface area (Å²) < 4.78 is 49.0. The van der Waals surface area contributed by atoms with Gasteiger partial charge in [0.1, 0.15) is 12.4 Å². The molecular formula is C24H21F3N2O2. The van der Waals surface area contributed by atoms with Crippen molar-refractivity contribution in [3.63, 3.8) is 0 Å². The summed E-state index contributed by atoms with van der Waals surface area (Å²) in [4.78, 5) is 0. The molecule has 0 aliphatic rings. The predicted molar refractivity (Wildman–Crippen MR) is 112 cm³/mol. The smallest absolute Gasteiger partial charge is 0.424 e. The van der Waals surface area contributed by atoms with E-state index >= 15 is 0 Å². The Morgan fingerprint density at radius 3 is 2.39 bits per heavy atom. The van der Waals surface area contributed by atoms with Crippen LogP contribution in [0.25, 0.3) is 16.6 Å². The number of nitrogens with zero attached hydrogens (tertiary/aromatic N) is 2. The Morgan fingerprint density at radius 1 is 0.968 bits per heavy atom. The minimum atomic E-state index is -4.94. The molecule has 4 nitrogen and oxygen atoms in total. The van der Waals surface area contributed by atoms with Gasteiger partial charge in [-0.05, 0) is 55.3 Å². The highest BCUT2D eigenvalue weighted by Crippen LogP contribution is 2.40. The van der Waals surface area contributed by atoms with Crippen LogP contribution in [-0.4, -0.2) is 27.7 Å². The Morgan fingerprint density at radius 2 is 1.71 bits per heavy atom. The summed E-state index contributed by atoms with van der Waals surface area (Å²) >= 11 is 0. The van der Waals surface area contributed by atoms with Crippen molar-refractivity contribution >= 4 is 10.9 Å². The van der Waals surface area contributed by atoms with Crippen LogP contribution in [0.1, 0.15) is 16.7 Å². The Hall–Kier alpha value is -3.32. The standard InChI is InChI=1S/C24H21F3N2O2/c1-16-8-11-22(17(2)12-16)31-15-23(30,24(25,26)27)19-9-10-21-18(13-19)14-28-29(21)20-6-4-3-5-7-20/h3-14,30H,15H2,1-2H3. The molecule has 0 spiro atoms. The molecule has 0 saturated carbocycles. The van der Waals surface area contributed by atoms with Crippen LogP contribution in [0.3, 0.4) is 0 Å². The Labute approximate surface area is 177 Å². The van der Waals surface area contributed by atoms with Gasteiger partial charge >= 0.3 is 6.18 Å². The summed E-state index contributed by atoms with van der Waals surface area (Å²) in [6.45, 7) is 2.67. The van der Waals surface area contributed by atoms with E-state index < -0.39 is 18.4 Å². The quantitative estimate of drug-likeness (QED) is 0.460. The van der Waals surface area contributed by atoms with Gasteiger partial charge in [0.05, 0.1) is 17.4 Å². The number of aliphatic hydroxyl groups is 1. The van der Waals surface area contributed by atoms with Gasteiger partial charge in [-0.2, -0.15) is 18.3 Å². The van der Waals surface area contributed by atoms with E-state index in [2.05, 4.69) is 5.10 Å². The Bertz CT molecular complexity index is 1220. The highest BCUT2D eigenvalue weighted by molar-refractivity contribution is 5.81. The largest absolute Gasteiger partial charge is 0.490 e. The normalized spacial score (nSPS) is 13.9. The first-order valence-electron chi connectivity index (χ1n) is 9.72. The molecule has 160 valence electrons. The van der Waals surface area contributed by atoms with E-state index in [1.54, 1.807) is 23.7 Å². The van der Waals surface area contributed by atoms with Gasteiger partial charge in [-0.1, -0.05) is 42.0 Å². The number of hydrogen-bond donors (Lipinski definition) is 1. The second kappa shape index (κ2) is 7.74. The first kappa shape index (κ1) is 20.9. The lowest BCUT2D eigenvalue weighted by atomic mass is 9.93. The van der Waals surface area contributed by atoms with Crippen LogP contribution in [-0.2, 0) is 5.60 Å². The van der Waals surface area contributed by atoms with Crippen LogP contribution in [0.4, 0.5) is 13.2 Å². The number of hydrogen-bond acceptors (Lipinski definition) is 3. The number of ether oxygens (including phenoxy) is 1. The molecule has 1 N–H and O–H groups in total. The molecule has 1 atom stereocenters. The number of rotatable bonds is 5. The van der Waals surface area contributed by atoms with Gasteiger partial charge in [-0.25, -0.2) is 4.68 Å². The van der Waals surface area contributed by atoms with Crippen LogP contribution in [0.2, 0.25) is 0 Å². The fourth-order valence-corrected chi connectivity index (χ4v) is 3.54. The Kier molecular flexibility index (Phi) is 5.23. The van der Waals surface area contributed by atoms with Gasteiger partial charge in [-0.15, -0.1) is 0 Å². The van der Waals surface area contributed by atoms with Crippen molar-refractivity contribution in [2.75, 3.05) is 6.61 Å². The van der Waals surface area contributed by atoms with Crippen molar-refractivity contribution < 1.29 is 23.0 Å². The van der Waals surface area contributed by atoms with Crippen LogP contribution in [0.5, 0.6) is 5.75 Å². The van der Waals surface area contributed by atoms with Crippen LogP contribution < -0.4 is 4.74 Å². The van der Waals surface area contributed by atoms with E-state index in [1.807, 2.05) is 43.3 Å². The zero-order chi connectivity index (χ0) is 22.2. The molecular weight excluding hydrogens is 405 g/mol. The average Bonchev–Trinajstić information content (AvgIpc) is 3.16. The lowest BCUT2D eigenvalue weighted by Gasteiger charge is -2.31. The van der Waals surface area contributed by atoms with Gasteiger partial charge in [0, 0.05) is 5.39 Å². The molecule has 0 fully saturated rings. The molecule has 1 heterocycles. The number of fused-ring (bicyclic) bond motifs is 1. The van der Waals surface area contributed by atoms with E-state index in [1.165, 1.54) is 24.4 Å². The van der Waals surface area contributed by atoms with Crippen molar-refractivity contribution in [2.24, 2.45) is 0 Å². The Balaban J connectivity index is 1.70. The topological polar surface area (TPSA) is 47.3 Å². The van der Waals surface area contributed by atoms with Crippen molar-refractivity contribution in [1.29, 1.82) is 0 Å². The highest BCUT2D eigenvalue weighted by atomic mass is 19.4. The first-order chi connectivity index (χ1) is 14.7. The minimum absolute atomic E-state index is 0.297. The van der Waals surface area contributed by atoms with E-state index in [0.29, 0.717) is 22.2 Å². The number of halogens is 3. The van der Waals surface area contributed by atoms with Gasteiger partial charge < -0.3 is 9.84 Å². The second-order valence-corrected chi connectivity index (χ2v) is 7.58. The van der Waals surface area contributed by atoms with Crippen molar-refractivity contribution in [1.82, 2.24) is 9.78 Å². The second-order valence-electron chi connectivity index (χ2n) is 7.58. The van der Waals surface area contributed by atoms with E-state index in [9.17, 15) is 18.3 Å².